The summed E-state index contributed by atoms with van der Waals surface area (Å²) < 4.78 is 27.2. The lowest BCUT2D eigenvalue weighted by Gasteiger charge is -2.14. The van der Waals surface area contributed by atoms with Gasteiger partial charge in [-0.15, -0.1) is 0 Å². The van der Waals surface area contributed by atoms with E-state index in [2.05, 4.69) is 20.0 Å². The van der Waals surface area contributed by atoms with Gasteiger partial charge in [0.1, 0.15) is 5.82 Å². The fraction of sp³-hybridized carbons (Fsp3) is 0.0909. The first-order valence-electron chi connectivity index (χ1n) is 9.46. The second kappa shape index (κ2) is 8.50. The van der Waals surface area contributed by atoms with Crippen molar-refractivity contribution in [2.75, 3.05) is 5.32 Å². The van der Waals surface area contributed by atoms with Gasteiger partial charge in [-0.25, -0.2) is 13.4 Å². The molecule has 9 heteroatoms. The smallest absolute Gasteiger partial charge is 0.242 e. The monoisotopic (exact) mass is 454 g/mol. The Balaban J connectivity index is 1.42. The maximum atomic E-state index is 12.5. The fourth-order valence-corrected chi connectivity index (χ4v) is 4.35. The first-order chi connectivity index (χ1) is 14.8. The molecule has 0 bridgehead atoms. The number of fused-ring (bicyclic) bond motifs is 1. The van der Waals surface area contributed by atoms with E-state index < -0.39 is 22.0 Å². The summed E-state index contributed by atoms with van der Waals surface area (Å²) in [6.07, 6.45) is 0. The molecule has 1 aromatic heterocycles. The van der Waals surface area contributed by atoms with Crippen LogP contribution in [0.2, 0.25) is 5.02 Å². The van der Waals surface area contributed by atoms with Gasteiger partial charge in [0.2, 0.25) is 15.9 Å². The Morgan fingerprint density at radius 1 is 1.00 bits per heavy atom. The Kier molecular flexibility index (Phi) is 5.77. The molecule has 1 amide bonds. The molecule has 31 heavy (non-hydrogen) atoms. The molecule has 0 aliphatic carbocycles. The number of sulfonamides is 1. The first kappa shape index (κ1) is 21.0. The molecule has 0 fully saturated rings. The van der Waals surface area contributed by atoms with Crippen LogP contribution >= 0.6 is 11.6 Å². The molecule has 1 atom stereocenters. The molecular weight excluding hydrogens is 436 g/mol. The number of halogens is 1. The number of H-pyrrole nitrogens is 1. The number of anilines is 1. The van der Waals surface area contributed by atoms with Crippen LogP contribution in [0.5, 0.6) is 0 Å². The van der Waals surface area contributed by atoms with E-state index in [0.29, 0.717) is 10.7 Å². The number of nitrogens with zero attached hydrogens (tertiary/aromatic N) is 1. The molecule has 0 saturated heterocycles. The number of hydrogen-bond donors (Lipinski definition) is 3. The van der Waals surface area contributed by atoms with Gasteiger partial charge in [-0.1, -0.05) is 23.7 Å². The minimum Gasteiger partial charge on any atom is -0.338 e. The van der Waals surface area contributed by atoms with E-state index in [9.17, 15) is 13.2 Å². The highest BCUT2D eigenvalue weighted by atomic mass is 35.5. The highest BCUT2D eigenvalue weighted by Crippen LogP contribution is 2.22. The number of hydrogen-bond acceptors (Lipinski definition) is 4. The van der Waals surface area contributed by atoms with Gasteiger partial charge in [0.25, 0.3) is 0 Å². The molecule has 0 aliphatic rings. The number of para-hydroxylation sites is 2. The predicted octanol–water partition coefficient (Wildman–Crippen LogP) is 4.19. The van der Waals surface area contributed by atoms with E-state index in [4.69, 9.17) is 11.6 Å². The van der Waals surface area contributed by atoms with Crippen molar-refractivity contribution >= 4 is 44.3 Å². The van der Waals surface area contributed by atoms with Gasteiger partial charge in [0, 0.05) is 16.3 Å². The largest absolute Gasteiger partial charge is 0.338 e. The summed E-state index contributed by atoms with van der Waals surface area (Å²) in [6, 6.07) is 19.6. The van der Waals surface area contributed by atoms with Gasteiger partial charge in [-0.2, -0.15) is 4.72 Å². The molecule has 3 aromatic carbocycles. The molecule has 0 saturated carbocycles. The maximum absolute atomic E-state index is 12.5. The normalized spacial score (nSPS) is 12.6. The van der Waals surface area contributed by atoms with Crippen molar-refractivity contribution in [1.29, 1.82) is 0 Å². The van der Waals surface area contributed by atoms with Crippen LogP contribution in [0.3, 0.4) is 0 Å². The maximum Gasteiger partial charge on any atom is 0.242 e. The van der Waals surface area contributed by atoms with Crippen LogP contribution < -0.4 is 10.0 Å². The number of nitrogens with one attached hydrogen (secondary N) is 3. The average Bonchev–Trinajstić information content (AvgIpc) is 3.18. The Labute approximate surface area is 184 Å². The van der Waals surface area contributed by atoms with Crippen LogP contribution in [0.25, 0.3) is 22.4 Å². The number of carbonyl (C=O) groups excluding carboxylic acids is 1. The van der Waals surface area contributed by atoms with Crippen LogP contribution in [-0.2, 0) is 14.8 Å². The molecule has 158 valence electrons. The van der Waals surface area contributed by atoms with Gasteiger partial charge < -0.3 is 10.3 Å². The lowest BCUT2D eigenvalue weighted by molar-refractivity contribution is -0.117. The molecule has 0 radical (unpaired) electrons. The molecule has 3 N–H and O–H groups in total. The predicted molar refractivity (Wildman–Crippen MR) is 121 cm³/mol. The molecular formula is C22H19ClN4O3S. The van der Waals surface area contributed by atoms with E-state index in [1.807, 2.05) is 36.4 Å². The topological polar surface area (TPSA) is 104 Å². The highest BCUT2D eigenvalue weighted by molar-refractivity contribution is 7.89. The number of aromatic amines is 1. The van der Waals surface area contributed by atoms with E-state index in [0.717, 1.165) is 22.4 Å². The summed E-state index contributed by atoms with van der Waals surface area (Å²) in [6.45, 7) is 1.48. The summed E-state index contributed by atoms with van der Waals surface area (Å²) in [5.41, 5.74) is 3.22. The minimum atomic E-state index is -3.85. The third-order valence-electron chi connectivity index (χ3n) is 4.66. The molecule has 4 aromatic rings. The van der Waals surface area contributed by atoms with Crippen molar-refractivity contribution in [3.63, 3.8) is 0 Å². The van der Waals surface area contributed by atoms with E-state index in [1.165, 1.54) is 31.2 Å². The first-order valence-corrected chi connectivity index (χ1v) is 11.3. The van der Waals surface area contributed by atoms with Gasteiger partial charge in [0.05, 0.1) is 22.0 Å². The second-order valence-electron chi connectivity index (χ2n) is 6.97. The summed E-state index contributed by atoms with van der Waals surface area (Å²) in [5, 5.41) is 3.14. The number of amides is 1. The Morgan fingerprint density at radius 3 is 2.35 bits per heavy atom. The average molecular weight is 455 g/mol. The number of rotatable bonds is 6. The lowest BCUT2D eigenvalue weighted by atomic mass is 10.2. The summed E-state index contributed by atoms with van der Waals surface area (Å²) in [5.74, 6) is 0.247. The zero-order valence-electron chi connectivity index (χ0n) is 16.5. The van der Waals surface area contributed by atoms with Crippen LogP contribution in [0.4, 0.5) is 5.69 Å². The summed E-state index contributed by atoms with van der Waals surface area (Å²) in [7, 11) is -3.85. The van der Waals surface area contributed by atoms with Crippen molar-refractivity contribution in [2.24, 2.45) is 0 Å². The molecule has 0 aliphatic heterocycles. The van der Waals surface area contributed by atoms with Crippen molar-refractivity contribution in [2.45, 2.75) is 17.9 Å². The van der Waals surface area contributed by atoms with Gasteiger partial charge in [-0.3, -0.25) is 4.79 Å². The van der Waals surface area contributed by atoms with Crippen LogP contribution in [0.15, 0.2) is 77.7 Å². The van der Waals surface area contributed by atoms with Crippen molar-refractivity contribution < 1.29 is 13.2 Å². The summed E-state index contributed by atoms with van der Waals surface area (Å²) in [4.78, 5) is 20.3. The van der Waals surface area contributed by atoms with Gasteiger partial charge in [-0.05, 0) is 67.6 Å². The number of benzene rings is 3. The number of aromatic nitrogens is 2. The van der Waals surface area contributed by atoms with Crippen molar-refractivity contribution in [3.8, 4) is 11.4 Å². The fourth-order valence-electron chi connectivity index (χ4n) is 3.02. The Bertz CT molecular complexity index is 1300. The van der Waals surface area contributed by atoms with E-state index in [1.54, 1.807) is 12.1 Å². The summed E-state index contributed by atoms with van der Waals surface area (Å²) >= 11 is 5.79. The molecule has 7 nitrogen and oxygen atoms in total. The van der Waals surface area contributed by atoms with Gasteiger partial charge >= 0.3 is 0 Å². The number of carbonyl (C=O) groups is 1. The molecule has 1 heterocycles. The quantitative estimate of drug-likeness (QED) is 0.406. The Morgan fingerprint density at radius 2 is 1.68 bits per heavy atom. The standard InChI is InChI=1S/C22H19ClN4O3S/c1-14(27-31(29,30)18-12-8-16(23)9-13-18)22(28)24-17-10-6-15(7-11-17)21-25-19-4-2-3-5-20(19)26-21/h2-14,27H,1H3,(H,24,28)(H,25,26)/t14-/m0/s1. The number of imidazole rings is 1. The SMILES string of the molecule is C[C@H](NS(=O)(=O)c1ccc(Cl)cc1)C(=O)Nc1ccc(-c2nc3ccccc3[nH]2)cc1. The molecule has 4 rings (SSSR count). The van der Waals surface area contributed by atoms with E-state index >= 15 is 0 Å². The zero-order valence-corrected chi connectivity index (χ0v) is 18.0. The lowest BCUT2D eigenvalue weighted by Crippen LogP contribution is -2.41. The van der Waals surface area contributed by atoms with Crippen molar-refractivity contribution in [3.05, 3.63) is 77.8 Å². The van der Waals surface area contributed by atoms with Crippen molar-refractivity contribution in [1.82, 2.24) is 14.7 Å². The Hall–Kier alpha value is -3.20. The molecule has 0 unspecified atom stereocenters. The highest BCUT2D eigenvalue weighted by Gasteiger charge is 2.22. The van der Waals surface area contributed by atoms with Crippen LogP contribution in [-0.4, -0.2) is 30.3 Å². The minimum absolute atomic E-state index is 0.0340. The second-order valence-corrected chi connectivity index (χ2v) is 9.12. The zero-order chi connectivity index (χ0) is 22.0. The van der Waals surface area contributed by atoms with Crippen LogP contribution in [0, 0.1) is 0 Å². The van der Waals surface area contributed by atoms with Crippen LogP contribution in [0.1, 0.15) is 6.92 Å². The molecule has 0 spiro atoms. The third kappa shape index (κ3) is 4.77. The third-order valence-corrected chi connectivity index (χ3v) is 6.47. The van der Waals surface area contributed by atoms with E-state index in [-0.39, 0.29) is 4.90 Å². The van der Waals surface area contributed by atoms with Gasteiger partial charge in [0.15, 0.2) is 0 Å².